The van der Waals surface area contributed by atoms with E-state index in [4.69, 9.17) is 4.74 Å². The monoisotopic (exact) mass is 442 g/mol. The summed E-state index contributed by atoms with van der Waals surface area (Å²) in [7, 11) is -3.47. The van der Waals surface area contributed by atoms with Gasteiger partial charge in [0.2, 0.25) is 10.0 Å². The molecule has 4 rings (SSSR count). The summed E-state index contributed by atoms with van der Waals surface area (Å²) in [5.41, 5.74) is 2.32. The van der Waals surface area contributed by atoms with E-state index in [1.807, 2.05) is 49.4 Å². The van der Waals surface area contributed by atoms with Crippen LogP contribution in [0, 0.1) is 0 Å². The minimum Gasteiger partial charge on any atom is -0.381 e. The molecule has 2 unspecified atom stereocenters. The minimum absolute atomic E-state index is 0.0542. The van der Waals surface area contributed by atoms with Crippen LogP contribution in [0.5, 0.6) is 0 Å². The predicted molar refractivity (Wildman–Crippen MR) is 120 cm³/mol. The van der Waals surface area contributed by atoms with Gasteiger partial charge in [-0.25, -0.2) is 8.42 Å². The maximum atomic E-state index is 13.4. The standard InChI is InChI=1S/C24H30N2O4S/c1-18-7-12-23(20-5-3-2-4-6-20)31(28,29)26(18)17-19-8-10-21(11-9-19)24(27)25-22-13-15-30-16-14-22/h2-6,8-11,18,22-23H,7,12-17H2,1H3,(H,25,27). The number of carbonyl (C=O) groups excluding carboxylic acids is 1. The van der Waals surface area contributed by atoms with Gasteiger partial charge in [0.15, 0.2) is 0 Å². The Labute approximate surface area is 184 Å². The van der Waals surface area contributed by atoms with Crippen molar-refractivity contribution in [1.29, 1.82) is 0 Å². The van der Waals surface area contributed by atoms with Crippen molar-refractivity contribution in [1.82, 2.24) is 9.62 Å². The van der Waals surface area contributed by atoms with Crippen LogP contribution in [-0.4, -0.2) is 43.9 Å². The number of rotatable bonds is 5. The van der Waals surface area contributed by atoms with Crippen molar-refractivity contribution in [2.75, 3.05) is 13.2 Å². The predicted octanol–water partition coefficient (Wildman–Crippen LogP) is 3.65. The zero-order valence-corrected chi connectivity index (χ0v) is 18.7. The molecule has 2 atom stereocenters. The van der Waals surface area contributed by atoms with Gasteiger partial charge in [-0.15, -0.1) is 0 Å². The van der Waals surface area contributed by atoms with E-state index in [1.54, 1.807) is 16.4 Å². The van der Waals surface area contributed by atoms with Gasteiger partial charge in [-0.05, 0) is 55.9 Å². The van der Waals surface area contributed by atoms with Crippen molar-refractivity contribution in [3.8, 4) is 0 Å². The molecule has 0 bridgehead atoms. The quantitative estimate of drug-likeness (QED) is 0.767. The van der Waals surface area contributed by atoms with E-state index < -0.39 is 15.3 Å². The number of nitrogens with one attached hydrogen (secondary N) is 1. The van der Waals surface area contributed by atoms with Gasteiger partial charge < -0.3 is 10.1 Å². The van der Waals surface area contributed by atoms with E-state index >= 15 is 0 Å². The van der Waals surface area contributed by atoms with Gasteiger partial charge in [-0.2, -0.15) is 4.31 Å². The van der Waals surface area contributed by atoms with Crippen LogP contribution in [0.15, 0.2) is 54.6 Å². The third-order valence-electron chi connectivity index (χ3n) is 6.31. The molecule has 2 fully saturated rings. The lowest BCUT2D eigenvalue weighted by atomic mass is 10.0. The molecule has 2 heterocycles. The Morgan fingerprint density at radius 3 is 2.35 bits per heavy atom. The number of amides is 1. The maximum absolute atomic E-state index is 13.4. The van der Waals surface area contributed by atoms with Crippen molar-refractivity contribution in [3.05, 3.63) is 71.3 Å². The average molecular weight is 443 g/mol. The van der Waals surface area contributed by atoms with Crippen molar-refractivity contribution < 1.29 is 17.9 Å². The fraction of sp³-hybridized carbons (Fsp3) is 0.458. The van der Waals surface area contributed by atoms with E-state index in [0.717, 1.165) is 30.4 Å². The topological polar surface area (TPSA) is 75.7 Å². The van der Waals surface area contributed by atoms with Crippen LogP contribution in [0.3, 0.4) is 0 Å². The van der Waals surface area contributed by atoms with Crippen LogP contribution in [0.1, 0.15) is 59.3 Å². The number of ether oxygens (including phenoxy) is 1. The molecule has 7 heteroatoms. The van der Waals surface area contributed by atoms with E-state index in [9.17, 15) is 13.2 Å². The van der Waals surface area contributed by atoms with Crippen molar-refractivity contribution in [2.24, 2.45) is 0 Å². The number of hydrogen-bond acceptors (Lipinski definition) is 4. The molecule has 166 valence electrons. The fourth-order valence-electron chi connectivity index (χ4n) is 4.40. The molecule has 0 radical (unpaired) electrons. The molecular weight excluding hydrogens is 412 g/mol. The Morgan fingerprint density at radius 2 is 1.68 bits per heavy atom. The number of hydrogen-bond donors (Lipinski definition) is 1. The van der Waals surface area contributed by atoms with Crippen molar-refractivity contribution >= 4 is 15.9 Å². The highest BCUT2D eigenvalue weighted by molar-refractivity contribution is 7.89. The Balaban J connectivity index is 1.45. The Hall–Kier alpha value is -2.22. The summed E-state index contributed by atoms with van der Waals surface area (Å²) in [5, 5.41) is 2.55. The number of carbonyl (C=O) groups is 1. The SMILES string of the molecule is CC1CCC(c2ccccc2)S(=O)(=O)N1Cc1ccc(C(=O)NC2CCOCC2)cc1. The van der Waals surface area contributed by atoms with Crippen LogP contribution >= 0.6 is 0 Å². The van der Waals surface area contributed by atoms with Crippen molar-refractivity contribution in [3.63, 3.8) is 0 Å². The van der Waals surface area contributed by atoms with Gasteiger partial charge >= 0.3 is 0 Å². The molecule has 2 aliphatic rings. The summed E-state index contributed by atoms with van der Waals surface area (Å²) < 4.78 is 33.7. The molecule has 2 aromatic carbocycles. The molecule has 0 saturated carbocycles. The van der Waals surface area contributed by atoms with E-state index in [0.29, 0.717) is 31.7 Å². The summed E-state index contributed by atoms with van der Waals surface area (Å²) in [5.74, 6) is -0.0958. The highest BCUT2D eigenvalue weighted by Crippen LogP contribution is 2.38. The first kappa shape index (κ1) is 22.0. The van der Waals surface area contributed by atoms with Gasteiger partial charge in [0.1, 0.15) is 5.25 Å². The van der Waals surface area contributed by atoms with Crippen LogP contribution in [0.2, 0.25) is 0 Å². The lowest BCUT2D eigenvalue weighted by molar-refractivity contribution is 0.0696. The molecule has 0 aromatic heterocycles. The Bertz CT molecular complexity index is 986. The molecule has 0 aliphatic carbocycles. The van der Waals surface area contributed by atoms with Crippen LogP contribution in [0.4, 0.5) is 0 Å². The first-order valence-corrected chi connectivity index (χ1v) is 12.5. The molecule has 2 aromatic rings. The first-order chi connectivity index (χ1) is 14.9. The summed E-state index contributed by atoms with van der Waals surface area (Å²) in [4.78, 5) is 12.5. The lowest BCUT2D eigenvalue weighted by Crippen LogP contribution is -2.44. The smallest absolute Gasteiger partial charge is 0.251 e. The first-order valence-electron chi connectivity index (χ1n) is 11.0. The highest BCUT2D eigenvalue weighted by atomic mass is 32.2. The highest BCUT2D eigenvalue weighted by Gasteiger charge is 2.40. The van der Waals surface area contributed by atoms with Crippen LogP contribution in [-0.2, 0) is 21.3 Å². The normalized spacial score (nSPS) is 24.5. The largest absolute Gasteiger partial charge is 0.381 e. The zero-order valence-electron chi connectivity index (χ0n) is 17.9. The van der Waals surface area contributed by atoms with Gasteiger partial charge in [0.25, 0.3) is 5.91 Å². The third kappa shape index (κ3) is 5.00. The molecule has 1 amide bonds. The zero-order chi connectivity index (χ0) is 21.8. The fourth-order valence-corrected chi connectivity index (χ4v) is 6.60. The van der Waals surface area contributed by atoms with Gasteiger partial charge in [0, 0.05) is 37.4 Å². The molecule has 31 heavy (non-hydrogen) atoms. The molecule has 2 aliphatic heterocycles. The second kappa shape index (κ2) is 9.51. The number of nitrogens with zero attached hydrogens (tertiary/aromatic N) is 1. The van der Waals surface area contributed by atoms with Gasteiger partial charge in [0.05, 0.1) is 0 Å². The van der Waals surface area contributed by atoms with Gasteiger partial charge in [-0.1, -0.05) is 42.5 Å². The summed E-state index contributed by atoms with van der Waals surface area (Å²) in [6.45, 7) is 3.63. The summed E-state index contributed by atoms with van der Waals surface area (Å²) in [6, 6.07) is 16.8. The number of benzene rings is 2. The Kier molecular flexibility index (Phi) is 6.74. The Morgan fingerprint density at radius 1 is 1.00 bits per heavy atom. The average Bonchev–Trinajstić information content (AvgIpc) is 2.78. The number of sulfonamides is 1. The van der Waals surface area contributed by atoms with E-state index in [2.05, 4.69) is 5.32 Å². The van der Waals surface area contributed by atoms with Crippen molar-refractivity contribution in [2.45, 2.75) is 56.5 Å². The third-order valence-corrected chi connectivity index (χ3v) is 8.68. The molecule has 0 spiro atoms. The molecule has 2 saturated heterocycles. The molecular formula is C24H30N2O4S. The van der Waals surface area contributed by atoms with Gasteiger partial charge in [-0.3, -0.25) is 4.79 Å². The van der Waals surface area contributed by atoms with Crippen LogP contribution < -0.4 is 5.32 Å². The second-order valence-corrected chi connectivity index (χ2v) is 10.5. The summed E-state index contributed by atoms with van der Waals surface area (Å²) >= 11 is 0. The molecule has 1 N–H and O–H groups in total. The lowest BCUT2D eigenvalue weighted by Gasteiger charge is -2.37. The van der Waals surface area contributed by atoms with E-state index in [1.165, 1.54) is 0 Å². The molecule has 6 nitrogen and oxygen atoms in total. The maximum Gasteiger partial charge on any atom is 0.251 e. The minimum atomic E-state index is -3.47. The summed E-state index contributed by atoms with van der Waals surface area (Å²) in [6.07, 6.45) is 3.12. The van der Waals surface area contributed by atoms with E-state index in [-0.39, 0.29) is 18.0 Å². The second-order valence-electron chi connectivity index (χ2n) is 8.47. The van der Waals surface area contributed by atoms with Crippen LogP contribution in [0.25, 0.3) is 0 Å².